The Balaban J connectivity index is 2.59. The van der Waals surface area contributed by atoms with Crippen LogP contribution in [0.1, 0.15) is 26.7 Å². The lowest BCUT2D eigenvalue weighted by Gasteiger charge is -2.14. The van der Waals surface area contributed by atoms with Gasteiger partial charge in [-0.05, 0) is 25.0 Å². The molecule has 1 amide bonds. The third-order valence-corrected chi connectivity index (χ3v) is 4.83. The summed E-state index contributed by atoms with van der Waals surface area (Å²) in [6.07, 6.45) is 1.38. The summed E-state index contributed by atoms with van der Waals surface area (Å²) in [5, 5.41) is 2.61. The molecule has 146 valence electrons. The Morgan fingerprint density at radius 2 is 1.73 bits per heavy atom. The van der Waals surface area contributed by atoms with E-state index >= 15 is 0 Å². The van der Waals surface area contributed by atoms with E-state index in [0.29, 0.717) is 25.0 Å². The van der Waals surface area contributed by atoms with Crippen molar-refractivity contribution in [3.8, 4) is 0 Å². The van der Waals surface area contributed by atoms with E-state index in [-0.39, 0.29) is 6.04 Å². The number of carbonyl (C=O) groups is 2. The molecule has 11 heteroatoms. The third-order valence-electron chi connectivity index (χ3n) is 3.41. The summed E-state index contributed by atoms with van der Waals surface area (Å²) in [5.74, 6) is -7.06. The number of benzene rings is 1. The summed E-state index contributed by atoms with van der Waals surface area (Å²) in [4.78, 5) is 21.9. The Morgan fingerprint density at radius 3 is 2.31 bits per heavy atom. The lowest BCUT2D eigenvalue weighted by Crippen LogP contribution is -2.38. The minimum Gasteiger partial charge on any atom is -0.455 e. The fourth-order valence-electron chi connectivity index (χ4n) is 1.91. The van der Waals surface area contributed by atoms with Gasteiger partial charge >= 0.3 is 5.97 Å². The SMILES string of the molecule is CCC(CC)NC(=O)COC(=O)CNS(=O)(=O)c1ccc(F)c(F)c1F. The normalized spacial score (nSPS) is 11.5. The van der Waals surface area contributed by atoms with E-state index in [0.717, 1.165) is 0 Å². The molecule has 0 aromatic heterocycles. The number of ether oxygens (including phenoxy) is 1. The summed E-state index contributed by atoms with van der Waals surface area (Å²) in [6, 6.07) is 0.883. The second-order valence-electron chi connectivity index (χ2n) is 5.24. The second kappa shape index (κ2) is 9.53. The number of esters is 1. The molecule has 0 spiro atoms. The summed E-state index contributed by atoms with van der Waals surface area (Å²) in [6.45, 7) is 2.20. The lowest BCUT2D eigenvalue weighted by molar-refractivity contribution is -0.147. The van der Waals surface area contributed by atoms with Crippen LogP contribution in [-0.2, 0) is 24.3 Å². The number of carbonyl (C=O) groups excluding carboxylic acids is 2. The first kappa shape index (κ1) is 21.9. The Morgan fingerprint density at radius 1 is 1.12 bits per heavy atom. The summed E-state index contributed by atoms with van der Waals surface area (Å²) >= 11 is 0. The molecule has 7 nitrogen and oxygen atoms in total. The van der Waals surface area contributed by atoms with Crippen molar-refractivity contribution in [1.29, 1.82) is 0 Å². The molecule has 2 N–H and O–H groups in total. The molecule has 0 bridgehead atoms. The minimum absolute atomic E-state index is 0.0731. The van der Waals surface area contributed by atoms with Crippen molar-refractivity contribution in [3.63, 3.8) is 0 Å². The van der Waals surface area contributed by atoms with Gasteiger partial charge in [0, 0.05) is 6.04 Å². The van der Waals surface area contributed by atoms with Crippen LogP contribution in [0.2, 0.25) is 0 Å². The molecular weight excluding hydrogens is 377 g/mol. The first-order valence-electron chi connectivity index (χ1n) is 7.70. The summed E-state index contributed by atoms with van der Waals surface area (Å²) in [7, 11) is -4.62. The number of amides is 1. The maximum absolute atomic E-state index is 13.5. The van der Waals surface area contributed by atoms with Crippen LogP contribution in [0, 0.1) is 17.5 Å². The molecule has 0 aliphatic heterocycles. The molecule has 0 atom stereocenters. The molecule has 0 radical (unpaired) electrons. The van der Waals surface area contributed by atoms with Crippen LogP contribution in [0.5, 0.6) is 0 Å². The van der Waals surface area contributed by atoms with E-state index in [1.807, 2.05) is 13.8 Å². The average Bonchev–Trinajstić information content (AvgIpc) is 2.60. The molecule has 0 saturated carbocycles. The highest BCUT2D eigenvalue weighted by Gasteiger charge is 2.24. The van der Waals surface area contributed by atoms with Gasteiger partial charge in [-0.15, -0.1) is 0 Å². The number of rotatable bonds is 9. The zero-order chi connectivity index (χ0) is 19.9. The van der Waals surface area contributed by atoms with Crippen LogP contribution >= 0.6 is 0 Å². The molecule has 1 aromatic carbocycles. The van der Waals surface area contributed by atoms with Crippen LogP contribution in [0.3, 0.4) is 0 Å². The Labute approximate surface area is 149 Å². The third kappa shape index (κ3) is 5.99. The highest BCUT2D eigenvalue weighted by molar-refractivity contribution is 7.89. The van der Waals surface area contributed by atoms with Crippen LogP contribution < -0.4 is 10.0 Å². The molecule has 1 rings (SSSR count). The molecule has 0 saturated heterocycles. The van der Waals surface area contributed by atoms with Crippen molar-refractivity contribution in [3.05, 3.63) is 29.6 Å². The average molecular weight is 396 g/mol. The lowest BCUT2D eigenvalue weighted by atomic mass is 10.2. The highest BCUT2D eigenvalue weighted by Crippen LogP contribution is 2.19. The van der Waals surface area contributed by atoms with Gasteiger partial charge in [0.2, 0.25) is 10.0 Å². The van der Waals surface area contributed by atoms with Gasteiger partial charge < -0.3 is 10.1 Å². The molecule has 1 aromatic rings. The zero-order valence-electron chi connectivity index (χ0n) is 14.1. The predicted octanol–water partition coefficient (Wildman–Crippen LogP) is 1.23. The topological polar surface area (TPSA) is 102 Å². The second-order valence-corrected chi connectivity index (χ2v) is 6.98. The molecule has 0 fully saturated rings. The number of hydrogen-bond donors (Lipinski definition) is 2. The number of halogens is 3. The maximum atomic E-state index is 13.5. The first-order chi connectivity index (χ1) is 12.1. The summed E-state index contributed by atoms with van der Waals surface area (Å²) < 4.78 is 69.5. The van der Waals surface area contributed by atoms with Crippen molar-refractivity contribution in [2.24, 2.45) is 0 Å². The van der Waals surface area contributed by atoms with E-state index in [9.17, 15) is 31.2 Å². The van der Waals surface area contributed by atoms with E-state index in [4.69, 9.17) is 0 Å². The van der Waals surface area contributed by atoms with Crippen LogP contribution in [0.15, 0.2) is 17.0 Å². The highest BCUT2D eigenvalue weighted by atomic mass is 32.2. The van der Waals surface area contributed by atoms with Crippen molar-refractivity contribution in [2.75, 3.05) is 13.2 Å². The monoisotopic (exact) mass is 396 g/mol. The molecule has 0 heterocycles. The number of hydrogen-bond acceptors (Lipinski definition) is 5. The molecule has 26 heavy (non-hydrogen) atoms. The van der Waals surface area contributed by atoms with Crippen LogP contribution in [0.25, 0.3) is 0 Å². The largest absolute Gasteiger partial charge is 0.455 e. The van der Waals surface area contributed by atoms with Gasteiger partial charge in [-0.2, -0.15) is 4.72 Å². The smallest absolute Gasteiger partial charge is 0.321 e. The zero-order valence-corrected chi connectivity index (χ0v) is 15.0. The molecular formula is C15H19F3N2O5S. The Bertz CT molecular complexity index is 767. The van der Waals surface area contributed by atoms with Gasteiger partial charge in [-0.3, -0.25) is 9.59 Å². The van der Waals surface area contributed by atoms with Gasteiger partial charge in [-0.25, -0.2) is 21.6 Å². The summed E-state index contributed by atoms with van der Waals surface area (Å²) in [5.41, 5.74) is 0. The van der Waals surface area contributed by atoms with Crippen molar-refractivity contribution < 1.29 is 35.9 Å². The standard InChI is InChI=1S/C15H19F3N2O5S/c1-3-9(4-2)20-12(21)8-25-13(22)7-19-26(23,24)11-6-5-10(16)14(17)15(11)18/h5-6,9,19H,3-4,7-8H2,1-2H3,(H,20,21). The number of nitrogens with one attached hydrogen (secondary N) is 2. The predicted molar refractivity (Wildman–Crippen MR) is 85.0 cm³/mol. The fraction of sp³-hybridized carbons (Fsp3) is 0.467. The molecule has 0 aliphatic rings. The van der Waals surface area contributed by atoms with Gasteiger partial charge in [0.15, 0.2) is 24.1 Å². The Kier molecular flexibility index (Phi) is 8.03. The van der Waals surface area contributed by atoms with Crippen molar-refractivity contribution in [1.82, 2.24) is 10.0 Å². The van der Waals surface area contributed by atoms with E-state index in [1.54, 1.807) is 4.72 Å². The van der Waals surface area contributed by atoms with Crippen LogP contribution in [0.4, 0.5) is 13.2 Å². The van der Waals surface area contributed by atoms with E-state index in [2.05, 4.69) is 10.1 Å². The van der Waals surface area contributed by atoms with Gasteiger partial charge in [-0.1, -0.05) is 13.8 Å². The first-order valence-corrected chi connectivity index (χ1v) is 9.18. The van der Waals surface area contributed by atoms with Crippen molar-refractivity contribution >= 4 is 21.9 Å². The maximum Gasteiger partial charge on any atom is 0.321 e. The van der Waals surface area contributed by atoms with Gasteiger partial charge in [0.1, 0.15) is 11.4 Å². The van der Waals surface area contributed by atoms with Gasteiger partial charge in [0.25, 0.3) is 5.91 Å². The quantitative estimate of drug-likeness (QED) is 0.483. The Hall–Kier alpha value is -2.14. The molecule has 0 aliphatic carbocycles. The minimum atomic E-state index is -4.62. The molecule has 0 unspecified atom stereocenters. The van der Waals surface area contributed by atoms with E-state index in [1.165, 1.54) is 0 Å². The van der Waals surface area contributed by atoms with Crippen molar-refractivity contribution in [2.45, 2.75) is 37.6 Å². The number of sulfonamides is 1. The van der Waals surface area contributed by atoms with Crippen LogP contribution in [-0.4, -0.2) is 39.5 Å². The fourth-order valence-corrected chi connectivity index (χ4v) is 2.94. The van der Waals surface area contributed by atoms with E-state index < -0.39 is 57.4 Å². The van der Waals surface area contributed by atoms with Gasteiger partial charge in [0.05, 0.1) is 0 Å².